The molecule has 0 amide bonds. The van der Waals surface area contributed by atoms with Gasteiger partial charge in [-0.3, -0.25) is 0 Å². The van der Waals surface area contributed by atoms with Crippen molar-refractivity contribution in [2.45, 2.75) is 0 Å². The highest BCUT2D eigenvalue weighted by molar-refractivity contribution is 7.07. The van der Waals surface area contributed by atoms with Gasteiger partial charge in [0.15, 0.2) is 0 Å². The molecule has 2 aromatic rings. The standard InChI is InChI=1S/C10H8ClNOS/c1-13-10-3-2-7(4-8(10)11)9-5-14-6-12-9/h2-6H,1H3. The zero-order chi connectivity index (χ0) is 9.97. The van der Waals surface area contributed by atoms with Gasteiger partial charge in [-0.25, -0.2) is 4.98 Å². The van der Waals surface area contributed by atoms with Gasteiger partial charge in [0.25, 0.3) is 0 Å². The average molecular weight is 226 g/mol. The van der Waals surface area contributed by atoms with Gasteiger partial charge in [-0.05, 0) is 18.2 Å². The summed E-state index contributed by atoms with van der Waals surface area (Å²) in [5.41, 5.74) is 3.75. The number of hydrogen-bond acceptors (Lipinski definition) is 3. The van der Waals surface area contributed by atoms with Crippen LogP contribution in [0.25, 0.3) is 11.3 Å². The highest BCUT2D eigenvalue weighted by Crippen LogP contribution is 2.29. The van der Waals surface area contributed by atoms with Crippen LogP contribution in [0.2, 0.25) is 5.02 Å². The molecule has 0 saturated carbocycles. The second-order valence-electron chi connectivity index (χ2n) is 2.72. The number of hydrogen-bond donors (Lipinski definition) is 0. The quantitative estimate of drug-likeness (QED) is 0.781. The fraction of sp³-hybridized carbons (Fsp3) is 0.100. The van der Waals surface area contributed by atoms with E-state index in [2.05, 4.69) is 4.98 Å². The molecule has 72 valence electrons. The zero-order valence-electron chi connectivity index (χ0n) is 7.53. The van der Waals surface area contributed by atoms with E-state index in [1.165, 1.54) is 0 Å². The first-order valence-corrected chi connectivity index (χ1v) is 5.35. The molecule has 0 bridgehead atoms. The first kappa shape index (κ1) is 9.49. The fourth-order valence-electron chi connectivity index (χ4n) is 1.18. The molecule has 1 aromatic heterocycles. The lowest BCUT2D eigenvalue weighted by molar-refractivity contribution is 0.415. The number of nitrogens with zero attached hydrogens (tertiary/aromatic N) is 1. The van der Waals surface area contributed by atoms with E-state index in [1.54, 1.807) is 24.0 Å². The second-order valence-corrected chi connectivity index (χ2v) is 3.85. The average Bonchev–Trinajstić information content (AvgIpc) is 2.70. The van der Waals surface area contributed by atoms with Crippen LogP contribution in [0.1, 0.15) is 0 Å². The first-order chi connectivity index (χ1) is 6.81. The number of benzene rings is 1. The van der Waals surface area contributed by atoms with Gasteiger partial charge in [0, 0.05) is 10.9 Å². The maximum absolute atomic E-state index is 6.00. The van der Waals surface area contributed by atoms with Gasteiger partial charge < -0.3 is 4.74 Å². The SMILES string of the molecule is COc1ccc(-c2cscn2)cc1Cl. The topological polar surface area (TPSA) is 22.1 Å². The van der Waals surface area contributed by atoms with Crippen LogP contribution in [0, 0.1) is 0 Å². The number of thiazole rings is 1. The van der Waals surface area contributed by atoms with Gasteiger partial charge in [-0.1, -0.05) is 11.6 Å². The summed E-state index contributed by atoms with van der Waals surface area (Å²) in [7, 11) is 1.60. The van der Waals surface area contributed by atoms with E-state index in [1.807, 2.05) is 23.6 Å². The number of aromatic nitrogens is 1. The minimum atomic E-state index is 0.609. The molecule has 0 aliphatic carbocycles. The minimum Gasteiger partial charge on any atom is -0.495 e. The summed E-state index contributed by atoms with van der Waals surface area (Å²) in [6.07, 6.45) is 0. The fourth-order valence-corrected chi connectivity index (χ4v) is 2.00. The van der Waals surface area contributed by atoms with E-state index in [-0.39, 0.29) is 0 Å². The number of rotatable bonds is 2. The van der Waals surface area contributed by atoms with Crippen LogP contribution in [0.15, 0.2) is 29.1 Å². The van der Waals surface area contributed by atoms with E-state index in [4.69, 9.17) is 16.3 Å². The van der Waals surface area contributed by atoms with Crippen molar-refractivity contribution < 1.29 is 4.74 Å². The Bertz CT molecular complexity index is 428. The van der Waals surface area contributed by atoms with Gasteiger partial charge in [-0.15, -0.1) is 11.3 Å². The Morgan fingerprint density at radius 2 is 2.29 bits per heavy atom. The van der Waals surface area contributed by atoms with Crippen molar-refractivity contribution in [2.75, 3.05) is 7.11 Å². The van der Waals surface area contributed by atoms with Gasteiger partial charge in [0.05, 0.1) is 23.3 Å². The van der Waals surface area contributed by atoms with E-state index >= 15 is 0 Å². The van der Waals surface area contributed by atoms with E-state index < -0.39 is 0 Å². The molecule has 2 nitrogen and oxygen atoms in total. The molecule has 2 rings (SSSR count). The van der Waals surface area contributed by atoms with E-state index in [0.29, 0.717) is 10.8 Å². The van der Waals surface area contributed by atoms with Crippen LogP contribution >= 0.6 is 22.9 Å². The Morgan fingerprint density at radius 1 is 1.43 bits per heavy atom. The second kappa shape index (κ2) is 3.98. The number of ether oxygens (including phenoxy) is 1. The third kappa shape index (κ3) is 1.74. The largest absolute Gasteiger partial charge is 0.495 e. The molecule has 0 aliphatic heterocycles. The first-order valence-electron chi connectivity index (χ1n) is 4.03. The van der Waals surface area contributed by atoms with Crippen LogP contribution in [-0.4, -0.2) is 12.1 Å². The van der Waals surface area contributed by atoms with Crippen LogP contribution < -0.4 is 4.74 Å². The smallest absolute Gasteiger partial charge is 0.137 e. The molecule has 4 heteroatoms. The zero-order valence-corrected chi connectivity index (χ0v) is 9.10. The summed E-state index contributed by atoms with van der Waals surface area (Å²) in [6.45, 7) is 0. The van der Waals surface area contributed by atoms with Gasteiger partial charge >= 0.3 is 0 Å². The lowest BCUT2D eigenvalue weighted by atomic mass is 10.2. The Hall–Kier alpha value is -1.06. The third-order valence-corrected chi connectivity index (χ3v) is 2.76. The van der Waals surface area contributed by atoms with Crippen molar-refractivity contribution in [3.63, 3.8) is 0 Å². The molecule has 0 aliphatic rings. The van der Waals surface area contributed by atoms with Gasteiger partial charge in [-0.2, -0.15) is 0 Å². The van der Waals surface area contributed by atoms with Crippen molar-refractivity contribution in [3.05, 3.63) is 34.1 Å². The Labute approximate surface area is 91.1 Å². The normalized spacial score (nSPS) is 10.1. The van der Waals surface area contributed by atoms with Crippen LogP contribution in [0.3, 0.4) is 0 Å². The van der Waals surface area contributed by atoms with Crippen molar-refractivity contribution in [2.24, 2.45) is 0 Å². The molecule has 0 radical (unpaired) electrons. The van der Waals surface area contributed by atoms with E-state index in [9.17, 15) is 0 Å². The summed E-state index contributed by atoms with van der Waals surface area (Å²) in [6, 6.07) is 5.65. The van der Waals surface area contributed by atoms with Crippen molar-refractivity contribution >= 4 is 22.9 Å². The maximum atomic E-state index is 6.00. The van der Waals surface area contributed by atoms with Crippen LogP contribution in [-0.2, 0) is 0 Å². The third-order valence-electron chi connectivity index (χ3n) is 1.88. The van der Waals surface area contributed by atoms with E-state index in [0.717, 1.165) is 11.3 Å². The lowest BCUT2D eigenvalue weighted by Crippen LogP contribution is -1.84. The molecule has 1 aromatic carbocycles. The monoisotopic (exact) mass is 225 g/mol. The molecule has 0 N–H and O–H groups in total. The van der Waals surface area contributed by atoms with Crippen molar-refractivity contribution in [3.8, 4) is 17.0 Å². The molecule has 0 saturated heterocycles. The highest BCUT2D eigenvalue weighted by atomic mass is 35.5. The Morgan fingerprint density at radius 3 is 2.86 bits per heavy atom. The molecule has 0 spiro atoms. The Balaban J connectivity index is 2.43. The summed E-state index contributed by atoms with van der Waals surface area (Å²) in [4.78, 5) is 4.20. The molecular weight excluding hydrogens is 218 g/mol. The lowest BCUT2D eigenvalue weighted by Gasteiger charge is -2.03. The van der Waals surface area contributed by atoms with Crippen LogP contribution in [0.4, 0.5) is 0 Å². The maximum Gasteiger partial charge on any atom is 0.137 e. The molecule has 14 heavy (non-hydrogen) atoms. The van der Waals surface area contributed by atoms with Crippen molar-refractivity contribution in [1.82, 2.24) is 4.98 Å². The van der Waals surface area contributed by atoms with Gasteiger partial charge in [0.1, 0.15) is 5.75 Å². The van der Waals surface area contributed by atoms with Gasteiger partial charge in [0.2, 0.25) is 0 Å². The van der Waals surface area contributed by atoms with Crippen LogP contribution in [0.5, 0.6) is 5.75 Å². The Kier molecular flexibility index (Phi) is 2.70. The minimum absolute atomic E-state index is 0.609. The summed E-state index contributed by atoms with van der Waals surface area (Å²) in [5, 5.41) is 2.59. The number of methoxy groups -OCH3 is 1. The molecule has 0 fully saturated rings. The highest BCUT2D eigenvalue weighted by Gasteiger charge is 2.04. The molecular formula is C10H8ClNOS. The summed E-state index contributed by atoms with van der Waals surface area (Å²) in [5.74, 6) is 0.686. The summed E-state index contributed by atoms with van der Waals surface area (Å²) >= 11 is 7.56. The molecule has 1 heterocycles. The predicted molar refractivity (Wildman–Crippen MR) is 59.1 cm³/mol. The summed E-state index contributed by atoms with van der Waals surface area (Å²) < 4.78 is 5.07. The molecule has 0 unspecified atom stereocenters. The van der Waals surface area contributed by atoms with Crippen molar-refractivity contribution in [1.29, 1.82) is 0 Å². The molecule has 0 atom stereocenters. The number of halogens is 1. The predicted octanol–water partition coefficient (Wildman–Crippen LogP) is 3.47.